The molecule has 3 unspecified atom stereocenters. The van der Waals surface area contributed by atoms with Crippen LogP contribution in [0, 0.1) is 5.92 Å². The molecule has 4 rings (SSSR count). The van der Waals surface area contributed by atoms with Crippen molar-refractivity contribution in [1.29, 1.82) is 0 Å². The summed E-state index contributed by atoms with van der Waals surface area (Å²) in [4.78, 5) is 20.5. The molecule has 6 nitrogen and oxygen atoms in total. The number of rotatable bonds is 2. The Morgan fingerprint density at radius 1 is 1.42 bits per heavy atom. The summed E-state index contributed by atoms with van der Waals surface area (Å²) in [6.45, 7) is 1.09. The minimum Gasteiger partial charge on any atom is -0.346 e. The first-order valence-electron chi connectivity index (χ1n) is 6.62. The molecule has 0 aromatic carbocycles. The standard InChI is InChI=1S/C13H15N5O/c19-13(17-10-4-8-3-9(10)15-5-8)11-7-18-2-1-14-12(18)6-16-11/h1-2,6-10,15H,3-5H2,(H,17,19). The van der Waals surface area contributed by atoms with Crippen LogP contribution in [0.1, 0.15) is 23.3 Å². The lowest BCUT2D eigenvalue weighted by Gasteiger charge is -2.23. The third-order valence-corrected chi connectivity index (χ3v) is 4.16. The van der Waals surface area contributed by atoms with Gasteiger partial charge in [-0.05, 0) is 25.3 Å². The second-order valence-corrected chi connectivity index (χ2v) is 5.40. The van der Waals surface area contributed by atoms with Gasteiger partial charge in [0.05, 0.1) is 6.20 Å². The van der Waals surface area contributed by atoms with E-state index in [0.717, 1.165) is 24.5 Å². The number of nitrogens with one attached hydrogen (secondary N) is 2. The highest BCUT2D eigenvalue weighted by molar-refractivity contribution is 5.92. The summed E-state index contributed by atoms with van der Waals surface area (Å²) < 4.78 is 1.81. The molecule has 0 spiro atoms. The fourth-order valence-electron chi connectivity index (χ4n) is 3.20. The SMILES string of the molecule is O=C(NC1CC2CNC1C2)c1cn2ccnc2cn1. The van der Waals surface area contributed by atoms with E-state index in [2.05, 4.69) is 20.6 Å². The molecule has 1 amide bonds. The van der Waals surface area contributed by atoms with Crippen LogP contribution in [0.3, 0.4) is 0 Å². The van der Waals surface area contributed by atoms with Crippen molar-refractivity contribution in [3.05, 3.63) is 30.5 Å². The highest BCUT2D eigenvalue weighted by atomic mass is 16.2. The van der Waals surface area contributed by atoms with Crippen LogP contribution in [0.15, 0.2) is 24.8 Å². The van der Waals surface area contributed by atoms with Crippen LogP contribution < -0.4 is 10.6 Å². The monoisotopic (exact) mass is 257 g/mol. The zero-order chi connectivity index (χ0) is 12.8. The summed E-state index contributed by atoms with van der Waals surface area (Å²) in [7, 11) is 0. The van der Waals surface area contributed by atoms with Crippen LogP contribution in [0.5, 0.6) is 0 Å². The smallest absolute Gasteiger partial charge is 0.271 e. The largest absolute Gasteiger partial charge is 0.346 e. The number of amides is 1. The Hall–Kier alpha value is -1.95. The van der Waals surface area contributed by atoms with E-state index in [1.807, 2.05) is 6.20 Å². The van der Waals surface area contributed by atoms with E-state index in [-0.39, 0.29) is 11.9 Å². The number of imidazole rings is 1. The van der Waals surface area contributed by atoms with Gasteiger partial charge in [-0.3, -0.25) is 4.79 Å². The molecular weight excluding hydrogens is 242 g/mol. The molecule has 3 atom stereocenters. The number of piperidine rings is 1. The highest BCUT2D eigenvalue weighted by Crippen LogP contribution is 2.31. The van der Waals surface area contributed by atoms with Crippen molar-refractivity contribution < 1.29 is 4.79 Å². The Morgan fingerprint density at radius 2 is 2.37 bits per heavy atom. The first-order valence-corrected chi connectivity index (χ1v) is 6.62. The van der Waals surface area contributed by atoms with Gasteiger partial charge in [0.1, 0.15) is 5.69 Å². The molecule has 2 aromatic heterocycles. The average molecular weight is 257 g/mol. The lowest BCUT2D eigenvalue weighted by atomic mass is 10.1. The fraction of sp³-hybridized carbons (Fsp3) is 0.462. The van der Waals surface area contributed by atoms with E-state index >= 15 is 0 Å². The summed E-state index contributed by atoms with van der Waals surface area (Å²) >= 11 is 0. The predicted octanol–water partition coefficient (Wildman–Crippen LogP) is 0.209. The molecule has 19 heavy (non-hydrogen) atoms. The minimum atomic E-state index is -0.102. The van der Waals surface area contributed by atoms with Gasteiger partial charge >= 0.3 is 0 Å². The van der Waals surface area contributed by atoms with Crippen molar-refractivity contribution in [3.63, 3.8) is 0 Å². The van der Waals surface area contributed by atoms with Gasteiger partial charge in [-0.15, -0.1) is 0 Å². The maximum atomic E-state index is 12.2. The van der Waals surface area contributed by atoms with Crippen molar-refractivity contribution in [3.8, 4) is 0 Å². The molecule has 2 aromatic rings. The Labute approximate surface area is 110 Å². The van der Waals surface area contributed by atoms with E-state index < -0.39 is 0 Å². The van der Waals surface area contributed by atoms with E-state index in [4.69, 9.17) is 0 Å². The summed E-state index contributed by atoms with van der Waals surface area (Å²) in [6.07, 6.45) is 9.10. The molecule has 98 valence electrons. The second-order valence-electron chi connectivity index (χ2n) is 5.40. The Morgan fingerprint density at radius 3 is 3.16 bits per heavy atom. The fourth-order valence-corrected chi connectivity index (χ4v) is 3.20. The van der Waals surface area contributed by atoms with E-state index in [1.165, 1.54) is 6.42 Å². The van der Waals surface area contributed by atoms with Crippen molar-refractivity contribution in [2.24, 2.45) is 5.92 Å². The number of hydrogen-bond donors (Lipinski definition) is 2. The van der Waals surface area contributed by atoms with Crippen LogP contribution in [0.2, 0.25) is 0 Å². The van der Waals surface area contributed by atoms with Crippen LogP contribution >= 0.6 is 0 Å². The highest BCUT2D eigenvalue weighted by Gasteiger charge is 2.40. The van der Waals surface area contributed by atoms with Gasteiger partial charge in [0, 0.05) is 30.7 Å². The molecule has 2 fully saturated rings. The number of fused-ring (bicyclic) bond motifs is 3. The van der Waals surface area contributed by atoms with Crippen molar-refractivity contribution in [2.75, 3.05) is 6.54 Å². The first-order chi connectivity index (χ1) is 9.29. The quantitative estimate of drug-likeness (QED) is 0.807. The number of hydrogen-bond acceptors (Lipinski definition) is 4. The lowest BCUT2D eigenvalue weighted by molar-refractivity contribution is 0.0923. The molecule has 2 N–H and O–H groups in total. The van der Waals surface area contributed by atoms with E-state index in [9.17, 15) is 4.79 Å². The molecule has 1 saturated heterocycles. The van der Waals surface area contributed by atoms with Crippen molar-refractivity contribution in [2.45, 2.75) is 24.9 Å². The number of aromatic nitrogens is 3. The van der Waals surface area contributed by atoms with Crippen molar-refractivity contribution >= 4 is 11.6 Å². The Bertz CT molecular complexity index is 637. The third-order valence-electron chi connectivity index (χ3n) is 4.16. The van der Waals surface area contributed by atoms with Gasteiger partial charge in [0.25, 0.3) is 5.91 Å². The molecular formula is C13H15N5O. The Kier molecular flexibility index (Phi) is 2.32. The number of carbonyl (C=O) groups is 1. The molecule has 1 aliphatic carbocycles. The first kappa shape index (κ1) is 10.9. The normalized spacial score (nSPS) is 28.9. The summed E-state index contributed by atoms with van der Waals surface area (Å²) in [5.74, 6) is 0.620. The number of carbonyl (C=O) groups excluding carboxylic acids is 1. The maximum Gasteiger partial charge on any atom is 0.271 e. The van der Waals surface area contributed by atoms with Gasteiger partial charge < -0.3 is 15.0 Å². The zero-order valence-electron chi connectivity index (χ0n) is 10.4. The molecule has 1 aliphatic heterocycles. The third kappa shape index (κ3) is 1.79. The molecule has 3 heterocycles. The molecule has 2 bridgehead atoms. The van der Waals surface area contributed by atoms with Crippen molar-refractivity contribution in [1.82, 2.24) is 25.0 Å². The molecule has 0 radical (unpaired) electrons. The summed E-state index contributed by atoms with van der Waals surface area (Å²) in [5.41, 5.74) is 1.19. The van der Waals surface area contributed by atoms with Crippen LogP contribution in [-0.2, 0) is 0 Å². The summed E-state index contributed by atoms with van der Waals surface area (Å²) in [6, 6.07) is 0.678. The lowest BCUT2D eigenvalue weighted by Crippen LogP contribution is -2.48. The zero-order valence-corrected chi connectivity index (χ0v) is 10.4. The van der Waals surface area contributed by atoms with Crippen LogP contribution in [0.4, 0.5) is 0 Å². The van der Waals surface area contributed by atoms with Gasteiger partial charge in [-0.1, -0.05) is 0 Å². The van der Waals surface area contributed by atoms with Gasteiger partial charge in [-0.25, -0.2) is 9.97 Å². The van der Waals surface area contributed by atoms with Crippen LogP contribution in [-0.4, -0.2) is 38.9 Å². The molecule has 2 aliphatic rings. The van der Waals surface area contributed by atoms with E-state index in [0.29, 0.717) is 11.7 Å². The maximum absolute atomic E-state index is 12.2. The van der Waals surface area contributed by atoms with Gasteiger partial charge in [0.2, 0.25) is 0 Å². The summed E-state index contributed by atoms with van der Waals surface area (Å²) in [5, 5.41) is 6.52. The van der Waals surface area contributed by atoms with Crippen LogP contribution in [0.25, 0.3) is 5.65 Å². The average Bonchev–Trinajstić information content (AvgIpc) is 3.13. The topological polar surface area (TPSA) is 71.3 Å². The van der Waals surface area contributed by atoms with Gasteiger partial charge in [-0.2, -0.15) is 0 Å². The second kappa shape index (κ2) is 4.03. The molecule has 1 saturated carbocycles. The molecule has 6 heteroatoms. The predicted molar refractivity (Wildman–Crippen MR) is 68.8 cm³/mol. The minimum absolute atomic E-state index is 0.102. The number of nitrogens with zero attached hydrogens (tertiary/aromatic N) is 3. The Balaban J connectivity index is 1.53. The van der Waals surface area contributed by atoms with E-state index in [1.54, 1.807) is 23.0 Å². The van der Waals surface area contributed by atoms with Gasteiger partial charge in [0.15, 0.2) is 5.65 Å².